The lowest BCUT2D eigenvalue weighted by atomic mass is 9.77. The predicted molar refractivity (Wildman–Crippen MR) is 123 cm³/mol. The van der Waals surface area contributed by atoms with Crippen LogP contribution in [0.3, 0.4) is 0 Å². The van der Waals surface area contributed by atoms with Crippen LogP contribution in [0.5, 0.6) is 17.2 Å². The second-order valence-electron chi connectivity index (χ2n) is 8.24. The fraction of sp³-hybridized carbons (Fsp3) is 0.259. The van der Waals surface area contributed by atoms with E-state index in [1.165, 1.54) is 11.1 Å². The second kappa shape index (κ2) is 8.38. The molecule has 158 valence electrons. The van der Waals surface area contributed by atoms with Crippen LogP contribution in [0.4, 0.5) is 5.69 Å². The summed E-state index contributed by atoms with van der Waals surface area (Å²) >= 11 is 0. The van der Waals surface area contributed by atoms with Gasteiger partial charge in [0.05, 0.1) is 19.8 Å². The third-order valence-electron chi connectivity index (χ3n) is 6.40. The molecule has 0 aromatic heterocycles. The number of allylic oxidation sites excluding steroid dienone is 2. The lowest BCUT2D eigenvalue weighted by Crippen LogP contribution is -2.29. The SMILES string of the molecule is COc1ccc(C2Nc3ccc(OCCc4ccccc4)cc3C3C=CCC32)cc1O. The van der Waals surface area contributed by atoms with Crippen molar-refractivity contribution >= 4 is 5.69 Å². The minimum Gasteiger partial charge on any atom is -0.504 e. The Morgan fingerprint density at radius 1 is 1.03 bits per heavy atom. The summed E-state index contributed by atoms with van der Waals surface area (Å²) in [6.07, 6.45) is 6.48. The molecule has 0 saturated carbocycles. The summed E-state index contributed by atoms with van der Waals surface area (Å²) in [7, 11) is 1.57. The quantitative estimate of drug-likeness (QED) is 0.498. The molecule has 1 aliphatic carbocycles. The lowest BCUT2D eigenvalue weighted by molar-refractivity contribution is 0.320. The van der Waals surface area contributed by atoms with E-state index < -0.39 is 0 Å². The third-order valence-corrected chi connectivity index (χ3v) is 6.40. The van der Waals surface area contributed by atoms with Crippen molar-refractivity contribution in [1.29, 1.82) is 0 Å². The Kier molecular flexibility index (Phi) is 5.29. The average molecular weight is 414 g/mol. The Bertz CT molecular complexity index is 1090. The Hall–Kier alpha value is -3.40. The molecule has 1 heterocycles. The maximum absolute atomic E-state index is 10.3. The highest BCUT2D eigenvalue weighted by molar-refractivity contribution is 5.62. The first-order valence-electron chi connectivity index (χ1n) is 10.8. The zero-order valence-corrected chi connectivity index (χ0v) is 17.6. The summed E-state index contributed by atoms with van der Waals surface area (Å²) < 4.78 is 11.3. The van der Waals surface area contributed by atoms with Crippen molar-refractivity contribution in [2.75, 3.05) is 19.0 Å². The van der Waals surface area contributed by atoms with Crippen LogP contribution in [0, 0.1) is 5.92 Å². The van der Waals surface area contributed by atoms with Crippen LogP contribution in [0.1, 0.15) is 35.1 Å². The number of anilines is 1. The number of fused-ring (bicyclic) bond motifs is 3. The molecule has 4 heteroatoms. The molecule has 2 N–H and O–H groups in total. The maximum atomic E-state index is 10.3. The summed E-state index contributed by atoms with van der Waals surface area (Å²) in [6, 6.07) is 22.6. The molecule has 1 aliphatic heterocycles. The van der Waals surface area contributed by atoms with Gasteiger partial charge in [-0.2, -0.15) is 0 Å². The molecule has 3 aromatic rings. The number of nitrogens with one attached hydrogen (secondary N) is 1. The molecule has 0 amide bonds. The van der Waals surface area contributed by atoms with Crippen molar-refractivity contribution in [2.45, 2.75) is 24.8 Å². The summed E-state index contributed by atoms with van der Waals surface area (Å²) in [4.78, 5) is 0. The largest absolute Gasteiger partial charge is 0.504 e. The number of methoxy groups -OCH3 is 1. The van der Waals surface area contributed by atoms with E-state index in [9.17, 15) is 5.11 Å². The Morgan fingerprint density at radius 3 is 2.71 bits per heavy atom. The second-order valence-corrected chi connectivity index (χ2v) is 8.24. The lowest BCUT2D eigenvalue weighted by Gasteiger charge is -2.37. The van der Waals surface area contributed by atoms with Gasteiger partial charge in [0.25, 0.3) is 0 Å². The number of hydrogen-bond acceptors (Lipinski definition) is 4. The number of ether oxygens (including phenoxy) is 2. The zero-order chi connectivity index (χ0) is 21.2. The fourth-order valence-corrected chi connectivity index (χ4v) is 4.82. The van der Waals surface area contributed by atoms with Gasteiger partial charge in [-0.25, -0.2) is 0 Å². The highest BCUT2D eigenvalue weighted by Crippen LogP contribution is 2.51. The molecular weight excluding hydrogens is 386 g/mol. The van der Waals surface area contributed by atoms with E-state index in [0.717, 1.165) is 29.8 Å². The summed E-state index contributed by atoms with van der Waals surface area (Å²) in [5.41, 5.74) is 4.77. The first-order valence-corrected chi connectivity index (χ1v) is 10.8. The van der Waals surface area contributed by atoms with Gasteiger partial charge < -0.3 is 19.9 Å². The van der Waals surface area contributed by atoms with Gasteiger partial charge in [-0.05, 0) is 59.4 Å². The van der Waals surface area contributed by atoms with Crippen molar-refractivity contribution < 1.29 is 14.6 Å². The van der Waals surface area contributed by atoms with Crippen LogP contribution in [-0.4, -0.2) is 18.8 Å². The maximum Gasteiger partial charge on any atom is 0.160 e. The van der Waals surface area contributed by atoms with Crippen LogP contribution < -0.4 is 14.8 Å². The van der Waals surface area contributed by atoms with E-state index in [2.05, 4.69) is 53.9 Å². The average Bonchev–Trinajstić information content (AvgIpc) is 3.30. The van der Waals surface area contributed by atoms with Gasteiger partial charge in [-0.3, -0.25) is 0 Å². The molecule has 3 aromatic carbocycles. The predicted octanol–water partition coefficient (Wildman–Crippen LogP) is 5.85. The molecule has 5 rings (SSSR count). The molecule has 3 atom stereocenters. The number of phenols is 1. The van der Waals surface area contributed by atoms with Gasteiger partial charge in [0.2, 0.25) is 0 Å². The van der Waals surface area contributed by atoms with Gasteiger partial charge in [0, 0.05) is 18.0 Å². The molecule has 0 spiro atoms. The van der Waals surface area contributed by atoms with Crippen LogP contribution in [0.25, 0.3) is 0 Å². The number of aromatic hydroxyl groups is 1. The van der Waals surface area contributed by atoms with Crippen LogP contribution in [-0.2, 0) is 6.42 Å². The number of benzene rings is 3. The van der Waals surface area contributed by atoms with Crippen molar-refractivity contribution in [2.24, 2.45) is 5.92 Å². The number of hydrogen-bond donors (Lipinski definition) is 2. The van der Waals surface area contributed by atoms with Crippen molar-refractivity contribution in [1.82, 2.24) is 0 Å². The van der Waals surface area contributed by atoms with E-state index in [4.69, 9.17) is 9.47 Å². The number of phenolic OH excluding ortho intramolecular Hbond substituents is 1. The topological polar surface area (TPSA) is 50.7 Å². The smallest absolute Gasteiger partial charge is 0.160 e. The fourth-order valence-electron chi connectivity index (χ4n) is 4.82. The van der Waals surface area contributed by atoms with Gasteiger partial charge in [-0.15, -0.1) is 0 Å². The molecule has 0 fully saturated rings. The molecule has 31 heavy (non-hydrogen) atoms. The summed E-state index contributed by atoms with van der Waals surface area (Å²) in [6.45, 7) is 0.661. The van der Waals surface area contributed by atoms with Gasteiger partial charge in [0.1, 0.15) is 5.75 Å². The Balaban J connectivity index is 1.35. The minimum atomic E-state index is 0.133. The van der Waals surface area contributed by atoms with E-state index in [1.807, 2.05) is 30.3 Å². The first-order chi connectivity index (χ1) is 15.2. The molecule has 3 unspecified atom stereocenters. The standard InChI is InChI=1S/C27H27NO3/c1-30-26-13-10-19(16-25(26)29)27-22-9-5-8-21(22)23-17-20(11-12-24(23)28-27)31-15-14-18-6-3-2-4-7-18/h2-8,10-13,16-17,21-22,27-29H,9,14-15H2,1H3. The zero-order valence-electron chi connectivity index (χ0n) is 17.6. The van der Waals surface area contributed by atoms with E-state index in [1.54, 1.807) is 7.11 Å². The molecule has 0 radical (unpaired) electrons. The van der Waals surface area contributed by atoms with E-state index in [0.29, 0.717) is 24.2 Å². The minimum absolute atomic E-state index is 0.133. The molecular formula is C27H27NO3. The highest BCUT2D eigenvalue weighted by Gasteiger charge is 2.38. The number of rotatable bonds is 6. The normalized spacial score (nSPS) is 21.1. The van der Waals surface area contributed by atoms with Crippen LogP contribution in [0.15, 0.2) is 78.9 Å². The summed E-state index contributed by atoms with van der Waals surface area (Å²) in [5.74, 6) is 2.33. The van der Waals surface area contributed by atoms with E-state index >= 15 is 0 Å². The molecule has 0 bridgehead atoms. The van der Waals surface area contributed by atoms with Crippen LogP contribution >= 0.6 is 0 Å². The Morgan fingerprint density at radius 2 is 1.90 bits per heavy atom. The summed E-state index contributed by atoms with van der Waals surface area (Å²) in [5, 5.41) is 14.0. The molecule has 0 saturated heterocycles. The van der Waals surface area contributed by atoms with Gasteiger partial charge in [-0.1, -0.05) is 48.6 Å². The van der Waals surface area contributed by atoms with Gasteiger partial charge in [0.15, 0.2) is 11.5 Å². The van der Waals surface area contributed by atoms with Crippen molar-refractivity contribution in [3.05, 3.63) is 95.6 Å². The first kappa shape index (κ1) is 19.6. The van der Waals surface area contributed by atoms with Crippen molar-refractivity contribution in [3.8, 4) is 17.2 Å². The van der Waals surface area contributed by atoms with Gasteiger partial charge >= 0.3 is 0 Å². The van der Waals surface area contributed by atoms with Crippen molar-refractivity contribution in [3.63, 3.8) is 0 Å². The van der Waals surface area contributed by atoms with Crippen LogP contribution in [0.2, 0.25) is 0 Å². The molecule has 4 nitrogen and oxygen atoms in total. The molecule has 2 aliphatic rings. The third kappa shape index (κ3) is 3.86. The van der Waals surface area contributed by atoms with E-state index in [-0.39, 0.29) is 11.8 Å². The monoisotopic (exact) mass is 413 g/mol. The Labute approximate surface area is 183 Å². The highest BCUT2D eigenvalue weighted by atomic mass is 16.5.